The molecule has 0 saturated heterocycles. The van der Waals surface area contributed by atoms with Gasteiger partial charge in [-0.05, 0) is 12.0 Å². The van der Waals surface area contributed by atoms with Crippen LogP contribution in [0.3, 0.4) is 0 Å². The third-order valence-electron chi connectivity index (χ3n) is 1.99. The third-order valence-corrected chi connectivity index (χ3v) is 1.99. The van der Waals surface area contributed by atoms with E-state index < -0.39 is 0 Å². The molecule has 0 bridgehead atoms. The SMILES string of the molecule is CCCNC(=O)C/C=C/c1ccccc1. The van der Waals surface area contributed by atoms with E-state index in [1.165, 1.54) is 0 Å². The first-order valence-electron chi connectivity index (χ1n) is 5.31. The normalized spacial score (nSPS) is 10.5. The van der Waals surface area contributed by atoms with E-state index in [9.17, 15) is 4.79 Å². The minimum atomic E-state index is 0.0871. The van der Waals surface area contributed by atoms with Gasteiger partial charge in [0, 0.05) is 13.0 Å². The Labute approximate surface area is 91.0 Å². The van der Waals surface area contributed by atoms with Crippen molar-refractivity contribution in [1.82, 2.24) is 5.32 Å². The van der Waals surface area contributed by atoms with Gasteiger partial charge in [-0.1, -0.05) is 49.4 Å². The molecule has 2 heteroatoms. The second-order valence-corrected chi connectivity index (χ2v) is 3.37. The van der Waals surface area contributed by atoms with Gasteiger partial charge in [0.15, 0.2) is 0 Å². The quantitative estimate of drug-likeness (QED) is 0.783. The smallest absolute Gasteiger partial charge is 0.223 e. The van der Waals surface area contributed by atoms with E-state index in [1.54, 1.807) is 0 Å². The van der Waals surface area contributed by atoms with Gasteiger partial charge >= 0.3 is 0 Å². The Kier molecular flexibility index (Phi) is 5.23. The summed E-state index contributed by atoms with van der Waals surface area (Å²) >= 11 is 0. The Hall–Kier alpha value is -1.57. The molecule has 0 fully saturated rings. The highest BCUT2D eigenvalue weighted by atomic mass is 16.1. The van der Waals surface area contributed by atoms with Crippen LogP contribution in [0, 0.1) is 0 Å². The van der Waals surface area contributed by atoms with Crippen molar-refractivity contribution < 1.29 is 4.79 Å². The van der Waals surface area contributed by atoms with Crippen LogP contribution in [-0.2, 0) is 4.79 Å². The molecule has 1 aromatic rings. The van der Waals surface area contributed by atoms with E-state index in [1.807, 2.05) is 49.4 Å². The Morgan fingerprint density at radius 3 is 2.73 bits per heavy atom. The van der Waals surface area contributed by atoms with Gasteiger partial charge in [-0.3, -0.25) is 4.79 Å². The molecule has 2 nitrogen and oxygen atoms in total. The molecular weight excluding hydrogens is 186 g/mol. The molecule has 0 atom stereocenters. The Morgan fingerprint density at radius 2 is 2.07 bits per heavy atom. The van der Waals surface area contributed by atoms with Crippen LogP contribution in [0.5, 0.6) is 0 Å². The summed E-state index contributed by atoms with van der Waals surface area (Å²) < 4.78 is 0. The molecule has 0 aliphatic carbocycles. The van der Waals surface area contributed by atoms with Gasteiger partial charge < -0.3 is 5.32 Å². The number of carbonyl (C=O) groups is 1. The second kappa shape index (κ2) is 6.82. The lowest BCUT2D eigenvalue weighted by Crippen LogP contribution is -2.22. The van der Waals surface area contributed by atoms with Crippen molar-refractivity contribution >= 4 is 12.0 Å². The molecule has 1 N–H and O–H groups in total. The standard InChI is InChI=1S/C13H17NO/c1-2-11-14-13(15)10-6-9-12-7-4-3-5-8-12/h3-9H,2,10-11H2,1H3,(H,14,15)/b9-6+. The first-order chi connectivity index (χ1) is 7.33. The number of hydrogen-bond acceptors (Lipinski definition) is 1. The predicted molar refractivity (Wildman–Crippen MR) is 63.4 cm³/mol. The van der Waals surface area contributed by atoms with E-state index in [-0.39, 0.29) is 5.91 Å². The van der Waals surface area contributed by atoms with Crippen LogP contribution in [0.1, 0.15) is 25.3 Å². The van der Waals surface area contributed by atoms with E-state index >= 15 is 0 Å². The highest BCUT2D eigenvalue weighted by molar-refractivity contribution is 5.78. The number of benzene rings is 1. The molecule has 0 radical (unpaired) electrons. The molecule has 0 aliphatic rings. The van der Waals surface area contributed by atoms with E-state index in [0.717, 1.165) is 18.5 Å². The number of amides is 1. The summed E-state index contributed by atoms with van der Waals surface area (Å²) in [4.78, 5) is 11.2. The monoisotopic (exact) mass is 203 g/mol. The molecule has 0 heterocycles. The summed E-state index contributed by atoms with van der Waals surface area (Å²) in [5.74, 6) is 0.0871. The maximum atomic E-state index is 11.2. The van der Waals surface area contributed by atoms with Crippen LogP contribution in [0.25, 0.3) is 6.08 Å². The summed E-state index contributed by atoms with van der Waals surface area (Å²) in [6.07, 6.45) is 5.29. The van der Waals surface area contributed by atoms with Crippen LogP contribution in [0.15, 0.2) is 36.4 Å². The zero-order valence-corrected chi connectivity index (χ0v) is 9.07. The lowest BCUT2D eigenvalue weighted by atomic mass is 10.2. The van der Waals surface area contributed by atoms with Gasteiger partial charge in [-0.25, -0.2) is 0 Å². The zero-order valence-electron chi connectivity index (χ0n) is 9.07. The Bertz CT molecular complexity index is 317. The fourth-order valence-electron chi connectivity index (χ4n) is 1.20. The van der Waals surface area contributed by atoms with Crippen LogP contribution >= 0.6 is 0 Å². The summed E-state index contributed by atoms with van der Waals surface area (Å²) in [5, 5.41) is 2.83. The van der Waals surface area contributed by atoms with E-state index in [2.05, 4.69) is 5.32 Å². The lowest BCUT2D eigenvalue weighted by Gasteiger charge is -1.99. The zero-order chi connectivity index (χ0) is 10.9. The number of carbonyl (C=O) groups excluding carboxylic acids is 1. The minimum absolute atomic E-state index is 0.0871. The van der Waals surface area contributed by atoms with Crippen molar-refractivity contribution in [2.24, 2.45) is 0 Å². The first kappa shape index (κ1) is 11.5. The van der Waals surface area contributed by atoms with Gasteiger partial charge in [0.25, 0.3) is 0 Å². The molecule has 15 heavy (non-hydrogen) atoms. The van der Waals surface area contributed by atoms with Crippen molar-refractivity contribution in [3.63, 3.8) is 0 Å². The highest BCUT2D eigenvalue weighted by Gasteiger charge is 1.94. The fourth-order valence-corrected chi connectivity index (χ4v) is 1.20. The van der Waals surface area contributed by atoms with Crippen LogP contribution < -0.4 is 5.32 Å². The summed E-state index contributed by atoms with van der Waals surface area (Å²) in [7, 11) is 0. The van der Waals surface area contributed by atoms with Crippen LogP contribution in [0.2, 0.25) is 0 Å². The minimum Gasteiger partial charge on any atom is -0.356 e. The molecule has 1 amide bonds. The molecule has 0 unspecified atom stereocenters. The van der Waals surface area contributed by atoms with Gasteiger partial charge in [-0.2, -0.15) is 0 Å². The third kappa shape index (κ3) is 5.01. The van der Waals surface area contributed by atoms with Crippen molar-refractivity contribution in [3.8, 4) is 0 Å². The van der Waals surface area contributed by atoms with Crippen molar-refractivity contribution in [2.75, 3.05) is 6.54 Å². The topological polar surface area (TPSA) is 29.1 Å². The summed E-state index contributed by atoms with van der Waals surface area (Å²) in [5.41, 5.74) is 1.13. The molecule has 1 rings (SSSR count). The summed E-state index contributed by atoms with van der Waals surface area (Å²) in [6, 6.07) is 9.97. The number of nitrogens with one attached hydrogen (secondary N) is 1. The lowest BCUT2D eigenvalue weighted by molar-refractivity contribution is -0.120. The van der Waals surface area contributed by atoms with E-state index in [4.69, 9.17) is 0 Å². The molecule has 1 aromatic carbocycles. The maximum Gasteiger partial charge on any atom is 0.223 e. The van der Waals surface area contributed by atoms with Crippen molar-refractivity contribution in [3.05, 3.63) is 42.0 Å². The maximum absolute atomic E-state index is 11.2. The molecule has 0 saturated carbocycles. The predicted octanol–water partition coefficient (Wildman–Crippen LogP) is 2.62. The highest BCUT2D eigenvalue weighted by Crippen LogP contribution is 2.01. The van der Waals surface area contributed by atoms with Gasteiger partial charge in [0.2, 0.25) is 5.91 Å². The van der Waals surface area contributed by atoms with Crippen LogP contribution in [0.4, 0.5) is 0 Å². The van der Waals surface area contributed by atoms with Crippen molar-refractivity contribution in [2.45, 2.75) is 19.8 Å². The molecular formula is C13H17NO. The second-order valence-electron chi connectivity index (χ2n) is 3.37. The molecule has 0 aliphatic heterocycles. The Balaban J connectivity index is 2.31. The average Bonchev–Trinajstić information content (AvgIpc) is 2.28. The van der Waals surface area contributed by atoms with Gasteiger partial charge in [-0.15, -0.1) is 0 Å². The molecule has 0 spiro atoms. The fraction of sp³-hybridized carbons (Fsp3) is 0.308. The molecule has 80 valence electrons. The van der Waals surface area contributed by atoms with E-state index in [0.29, 0.717) is 6.42 Å². The largest absolute Gasteiger partial charge is 0.356 e. The number of hydrogen-bond donors (Lipinski definition) is 1. The first-order valence-corrected chi connectivity index (χ1v) is 5.31. The van der Waals surface area contributed by atoms with Gasteiger partial charge in [0.1, 0.15) is 0 Å². The van der Waals surface area contributed by atoms with Gasteiger partial charge in [0.05, 0.1) is 0 Å². The van der Waals surface area contributed by atoms with Crippen LogP contribution in [-0.4, -0.2) is 12.5 Å². The average molecular weight is 203 g/mol. The van der Waals surface area contributed by atoms with Crippen molar-refractivity contribution in [1.29, 1.82) is 0 Å². The molecule has 0 aromatic heterocycles. The summed E-state index contributed by atoms with van der Waals surface area (Å²) in [6.45, 7) is 2.80. The number of rotatable bonds is 5. The Morgan fingerprint density at radius 1 is 1.33 bits per heavy atom.